The lowest BCUT2D eigenvalue weighted by Gasteiger charge is -2.31. The van der Waals surface area contributed by atoms with Crippen LogP contribution >= 0.6 is 22.9 Å². The third kappa shape index (κ3) is 4.42. The van der Waals surface area contributed by atoms with E-state index in [4.69, 9.17) is 16.6 Å². The van der Waals surface area contributed by atoms with E-state index in [2.05, 4.69) is 28.4 Å². The molecule has 0 spiro atoms. The number of anilines is 1. The summed E-state index contributed by atoms with van der Waals surface area (Å²) in [6.07, 6.45) is 2.48. The fourth-order valence-corrected chi connectivity index (χ4v) is 4.68. The Morgan fingerprint density at radius 2 is 1.89 bits per heavy atom. The van der Waals surface area contributed by atoms with Crippen molar-refractivity contribution in [2.75, 3.05) is 24.5 Å². The Labute approximate surface area is 168 Å². The maximum absolute atomic E-state index is 12.2. The molecule has 0 atom stereocenters. The lowest BCUT2D eigenvalue weighted by Crippen LogP contribution is -2.39. The average Bonchev–Trinajstić information content (AvgIpc) is 3.13. The van der Waals surface area contributed by atoms with Gasteiger partial charge in [-0.15, -0.1) is 0 Å². The SMILES string of the molecule is O=C(Cc1ccccc1Cl)NCC1CCN(c2nc3ccccc3s2)CC1. The molecular weight excluding hydrogens is 378 g/mol. The van der Waals surface area contributed by atoms with Crippen LogP contribution in [-0.2, 0) is 11.2 Å². The summed E-state index contributed by atoms with van der Waals surface area (Å²) in [5.41, 5.74) is 1.95. The van der Waals surface area contributed by atoms with E-state index in [0.29, 0.717) is 17.4 Å². The minimum atomic E-state index is 0.0386. The van der Waals surface area contributed by atoms with E-state index in [0.717, 1.165) is 48.7 Å². The number of piperidine rings is 1. The Morgan fingerprint density at radius 1 is 1.15 bits per heavy atom. The first-order chi connectivity index (χ1) is 13.2. The molecule has 2 aromatic carbocycles. The van der Waals surface area contributed by atoms with Crippen molar-refractivity contribution in [2.45, 2.75) is 19.3 Å². The first-order valence-corrected chi connectivity index (χ1v) is 10.5. The number of carbonyl (C=O) groups excluding carboxylic acids is 1. The van der Waals surface area contributed by atoms with E-state index in [9.17, 15) is 4.79 Å². The monoisotopic (exact) mass is 399 g/mol. The molecule has 1 N–H and O–H groups in total. The first kappa shape index (κ1) is 18.3. The van der Waals surface area contributed by atoms with Gasteiger partial charge in [-0.25, -0.2) is 4.98 Å². The van der Waals surface area contributed by atoms with Gasteiger partial charge in [0.1, 0.15) is 0 Å². The van der Waals surface area contributed by atoms with Gasteiger partial charge in [0.2, 0.25) is 5.91 Å². The number of carbonyl (C=O) groups is 1. The zero-order chi connectivity index (χ0) is 18.6. The number of amides is 1. The zero-order valence-electron chi connectivity index (χ0n) is 15.0. The fourth-order valence-electron chi connectivity index (χ4n) is 3.46. The summed E-state index contributed by atoms with van der Waals surface area (Å²) in [4.78, 5) is 19.3. The van der Waals surface area contributed by atoms with Crippen LogP contribution in [0.2, 0.25) is 5.02 Å². The van der Waals surface area contributed by atoms with Crippen LogP contribution in [0.25, 0.3) is 10.2 Å². The Balaban J connectivity index is 1.26. The second-order valence-electron chi connectivity index (χ2n) is 6.97. The van der Waals surface area contributed by atoms with Gasteiger partial charge in [0.25, 0.3) is 0 Å². The van der Waals surface area contributed by atoms with E-state index in [-0.39, 0.29) is 5.91 Å². The lowest BCUT2D eigenvalue weighted by molar-refractivity contribution is -0.120. The molecule has 0 unspecified atom stereocenters. The quantitative estimate of drug-likeness (QED) is 0.685. The summed E-state index contributed by atoms with van der Waals surface area (Å²) < 4.78 is 1.24. The van der Waals surface area contributed by atoms with Crippen LogP contribution in [0.15, 0.2) is 48.5 Å². The van der Waals surface area contributed by atoms with Gasteiger partial charge in [0.05, 0.1) is 16.6 Å². The molecule has 3 aromatic rings. The van der Waals surface area contributed by atoms with E-state index >= 15 is 0 Å². The molecule has 1 saturated heterocycles. The van der Waals surface area contributed by atoms with Crippen molar-refractivity contribution < 1.29 is 4.79 Å². The Hall–Kier alpha value is -2.11. The molecule has 4 nitrogen and oxygen atoms in total. The van der Waals surface area contributed by atoms with Crippen LogP contribution in [-0.4, -0.2) is 30.5 Å². The van der Waals surface area contributed by atoms with Crippen LogP contribution in [0.4, 0.5) is 5.13 Å². The Morgan fingerprint density at radius 3 is 2.67 bits per heavy atom. The molecule has 1 aromatic heterocycles. The van der Waals surface area contributed by atoms with Crippen molar-refractivity contribution in [3.8, 4) is 0 Å². The number of rotatable bonds is 5. The van der Waals surface area contributed by atoms with E-state index < -0.39 is 0 Å². The van der Waals surface area contributed by atoms with Crippen molar-refractivity contribution in [3.05, 3.63) is 59.1 Å². The molecule has 0 radical (unpaired) electrons. The maximum Gasteiger partial charge on any atom is 0.224 e. The average molecular weight is 400 g/mol. The predicted molar refractivity (Wildman–Crippen MR) is 113 cm³/mol. The molecular formula is C21H22ClN3OS. The van der Waals surface area contributed by atoms with Crippen molar-refractivity contribution in [1.82, 2.24) is 10.3 Å². The molecule has 1 aliphatic rings. The van der Waals surface area contributed by atoms with Gasteiger partial charge in [-0.3, -0.25) is 4.79 Å². The maximum atomic E-state index is 12.2. The van der Waals surface area contributed by atoms with Crippen LogP contribution in [0.1, 0.15) is 18.4 Å². The third-order valence-corrected chi connectivity index (χ3v) is 6.53. The van der Waals surface area contributed by atoms with Crippen LogP contribution in [0, 0.1) is 5.92 Å². The molecule has 27 heavy (non-hydrogen) atoms. The number of fused-ring (bicyclic) bond motifs is 1. The van der Waals surface area contributed by atoms with Gasteiger partial charge >= 0.3 is 0 Å². The smallest absolute Gasteiger partial charge is 0.224 e. The van der Waals surface area contributed by atoms with Gasteiger partial charge in [-0.2, -0.15) is 0 Å². The Bertz CT molecular complexity index is 901. The molecule has 1 amide bonds. The van der Waals surface area contributed by atoms with Crippen molar-refractivity contribution in [1.29, 1.82) is 0 Å². The number of nitrogens with zero attached hydrogens (tertiary/aromatic N) is 2. The summed E-state index contributed by atoms with van der Waals surface area (Å²) in [5.74, 6) is 0.558. The van der Waals surface area contributed by atoms with Gasteiger partial charge in [0, 0.05) is 24.7 Å². The van der Waals surface area contributed by atoms with E-state index in [1.165, 1.54) is 4.70 Å². The van der Waals surface area contributed by atoms with Crippen LogP contribution < -0.4 is 10.2 Å². The second kappa shape index (κ2) is 8.28. The number of thiazole rings is 1. The molecule has 140 valence electrons. The normalized spacial score (nSPS) is 15.2. The number of nitrogens with one attached hydrogen (secondary N) is 1. The minimum absolute atomic E-state index is 0.0386. The summed E-state index contributed by atoms with van der Waals surface area (Å²) in [6, 6.07) is 15.8. The molecule has 0 saturated carbocycles. The van der Waals surface area contributed by atoms with Gasteiger partial charge in [0.15, 0.2) is 5.13 Å². The minimum Gasteiger partial charge on any atom is -0.356 e. The second-order valence-corrected chi connectivity index (χ2v) is 8.38. The largest absolute Gasteiger partial charge is 0.356 e. The summed E-state index contributed by atoms with van der Waals surface area (Å²) in [6.45, 7) is 2.71. The summed E-state index contributed by atoms with van der Waals surface area (Å²) in [5, 5.41) is 4.83. The number of hydrogen-bond donors (Lipinski definition) is 1. The topological polar surface area (TPSA) is 45.2 Å². The first-order valence-electron chi connectivity index (χ1n) is 9.29. The molecule has 6 heteroatoms. The molecule has 4 rings (SSSR count). The molecule has 1 aliphatic heterocycles. The lowest BCUT2D eigenvalue weighted by atomic mass is 9.97. The highest BCUT2D eigenvalue weighted by Gasteiger charge is 2.22. The number of benzene rings is 2. The van der Waals surface area contributed by atoms with Crippen molar-refractivity contribution in [3.63, 3.8) is 0 Å². The van der Waals surface area contributed by atoms with Gasteiger partial charge < -0.3 is 10.2 Å². The predicted octanol–water partition coefficient (Wildman–Crippen LogP) is 4.53. The molecule has 0 bridgehead atoms. The zero-order valence-corrected chi connectivity index (χ0v) is 16.6. The highest BCUT2D eigenvalue weighted by molar-refractivity contribution is 7.22. The highest BCUT2D eigenvalue weighted by atomic mass is 35.5. The van der Waals surface area contributed by atoms with Crippen LogP contribution in [0.3, 0.4) is 0 Å². The molecule has 1 fully saturated rings. The molecule has 0 aliphatic carbocycles. The fraction of sp³-hybridized carbons (Fsp3) is 0.333. The third-order valence-electron chi connectivity index (χ3n) is 5.06. The summed E-state index contributed by atoms with van der Waals surface area (Å²) >= 11 is 7.89. The number of para-hydroxylation sites is 1. The number of hydrogen-bond acceptors (Lipinski definition) is 4. The van der Waals surface area contributed by atoms with Crippen molar-refractivity contribution >= 4 is 44.2 Å². The highest BCUT2D eigenvalue weighted by Crippen LogP contribution is 2.31. The van der Waals surface area contributed by atoms with Gasteiger partial charge in [-0.1, -0.05) is 53.3 Å². The van der Waals surface area contributed by atoms with E-state index in [1.807, 2.05) is 30.3 Å². The van der Waals surface area contributed by atoms with Crippen LogP contribution in [0.5, 0.6) is 0 Å². The van der Waals surface area contributed by atoms with Gasteiger partial charge in [-0.05, 0) is 42.5 Å². The Kier molecular flexibility index (Phi) is 5.60. The number of halogens is 1. The van der Waals surface area contributed by atoms with E-state index in [1.54, 1.807) is 11.3 Å². The van der Waals surface area contributed by atoms with Crippen molar-refractivity contribution in [2.24, 2.45) is 5.92 Å². The molecule has 2 heterocycles. The summed E-state index contributed by atoms with van der Waals surface area (Å²) in [7, 11) is 0. The number of aromatic nitrogens is 1. The standard InChI is InChI=1S/C21H22ClN3OS/c22-17-6-2-1-5-16(17)13-20(26)23-14-15-9-11-25(12-10-15)21-24-18-7-3-4-8-19(18)27-21/h1-8,15H,9-14H2,(H,23,26).